The molecule has 1 aromatic carbocycles. The van der Waals surface area contributed by atoms with Crippen LogP contribution in [0.5, 0.6) is 5.75 Å². The van der Waals surface area contributed by atoms with E-state index in [2.05, 4.69) is 38.1 Å². The van der Waals surface area contributed by atoms with E-state index in [-0.39, 0.29) is 12.1 Å². The van der Waals surface area contributed by atoms with Gasteiger partial charge in [0.25, 0.3) is 0 Å². The van der Waals surface area contributed by atoms with E-state index in [1.807, 2.05) is 19.9 Å². The van der Waals surface area contributed by atoms with Crippen LogP contribution in [0.25, 0.3) is 0 Å². The van der Waals surface area contributed by atoms with E-state index in [0.717, 1.165) is 24.3 Å². The summed E-state index contributed by atoms with van der Waals surface area (Å²) in [4.78, 5) is 2.16. The van der Waals surface area contributed by atoms with Crippen molar-refractivity contribution in [2.24, 2.45) is 5.73 Å². The molecule has 0 aliphatic rings. The van der Waals surface area contributed by atoms with Crippen molar-refractivity contribution in [3.8, 4) is 5.75 Å². The van der Waals surface area contributed by atoms with Gasteiger partial charge in [0.1, 0.15) is 5.75 Å². The van der Waals surface area contributed by atoms with Crippen molar-refractivity contribution in [2.75, 3.05) is 20.6 Å². The van der Waals surface area contributed by atoms with Gasteiger partial charge in [0.05, 0.1) is 6.10 Å². The Labute approximate surface area is 111 Å². The molecule has 0 aromatic heterocycles. The molecule has 1 aromatic rings. The summed E-state index contributed by atoms with van der Waals surface area (Å²) < 4.78 is 5.73. The number of hydrogen-bond donors (Lipinski definition) is 1. The molecule has 0 radical (unpaired) electrons. The van der Waals surface area contributed by atoms with Gasteiger partial charge in [0.15, 0.2) is 0 Å². The molecule has 0 spiro atoms. The zero-order chi connectivity index (χ0) is 13.7. The minimum absolute atomic E-state index is 0.0965. The van der Waals surface area contributed by atoms with Crippen molar-refractivity contribution in [1.82, 2.24) is 4.90 Å². The third kappa shape index (κ3) is 4.67. The van der Waals surface area contributed by atoms with E-state index in [1.165, 1.54) is 5.56 Å². The van der Waals surface area contributed by atoms with Crippen LogP contribution < -0.4 is 10.5 Å². The van der Waals surface area contributed by atoms with Gasteiger partial charge >= 0.3 is 0 Å². The lowest BCUT2D eigenvalue weighted by Gasteiger charge is -2.18. The first-order chi connectivity index (χ1) is 8.40. The van der Waals surface area contributed by atoms with Crippen LogP contribution >= 0.6 is 0 Å². The average molecular weight is 250 g/mol. The predicted molar refractivity (Wildman–Crippen MR) is 77.0 cm³/mol. The molecule has 3 nitrogen and oxygen atoms in total. The second-order valence-corrected chi connectivity index (χ2v) is 5.39. The predicted octanol–water partition coefficient (Wildman–Crippen LogP) is 2.73. The van der Waals surface area contributed by atoms with Crippen molar-refractivity contribution in [2.45, 2.75) is 39.3 Å². The van der Waals surface area contributed by atoms with Crippen LogP contribution in [0.15, 0.2) is 18.2 Å². The fourth-order valence-corrected chi connectivity index (χ4v) is 1.85. The van der Waals surface area contributed by atoms with Gasteiger partial charge in [0, 0.05) is 6.04 Å². The van der Waals surface area contributed by atoms with Gasteiger partial charge in [-0.2, -0.15) is 0 Å². The molecule has 0 bridgehead atoms. The number of ether oxygens (including phenoxy) is 1. The molecule has 1 atom stereocenters. The van der Waals surface area contributed by atoms with Gasteiger partial charge in [-0.05, 0) is 65.0 Å². The van der Waals surface area contributed by atoms with Gasteiger partial charge < -0.3 is 15.4 Å². The third-order valence-corrected chi connectivity index (χ3v) is 2.88. The van der Waals surface area contributed by atoms with Gasteiger partial charge in [-0.15, -0.1) is 0 Å². The minimum atomic E-state index is 0.0965. The van der Waals surface area contributed by atoms with E-state index in [0.29, 0.717) is 0 Å². The quantitative estimate of drug-likeness (QED) is 0.843. The Hall–Kier alpha value is -1.06. The van der Waals surface area contributed by atoms with Gasteiger partial charge in [-0.25, -0.2) is 0 Å². The molecule has 2 N–H and O–H groups in total. The lowest BCUT2D eigenvalue weighted by molar-refractivity contribution is 0.240. The lowest BCUT2D eigenvalue weighted by atomic mass is 10.0. The van der Waals surface area contributed by atoms with Crippen LogP contribution in [0.4, 0.5) is 0 Å². The van der Waals surface area contributed by atoms with Crippen LogP contribution in [0.3, 0.4) is 0 Å². The molecule has 18 heavy (non-hydrogen) atoms. The lowest BCUT2D eigenvalue weighted by Crippen LogP contribution is -2.20. The molecule has 0 fully saturated rings. The average Bonchev–Trinajstić information content (AvgIpc) is 2.28. The van der Waals surface area contributed by atoms with Crippen LogP contribution in [-0.2, 0) is 0 Å². The molecule has 0 heterocycles. The Bertz CT molecular complexity index is 375. The highest BCUT2D eigenvalue weighted by Gasteiger charge is 2.09. The molecule has 1 rings (SSSR count). The number of nitrogens with two attached hydrogens (primary N) is 1. The molecular weight excluding hydrogens is 224 g/mol. The normalized spacial score (nSPS) is 13.1. The number of rotatable bonds is 6. The second-order valence-electron chi connectivity index (χ2n) is 5.39. The van der Waals surface area contributed by atoms with Gasteiger partial charge in [-0.3, -0.25) is 0 Å². The fraction of sp³-hybridized carbons (Fsp3) is 0.600. The van der Waals surface area contributed by atoms with Gasteiger partial charge in [-0.1, -0.05) is 12.1 Å². The Morgan fingerprint density at radius 3 is 2.44 bits per heavy atom. The Balaban J connectivity index is 2.71. The van der Waals surface area contributed by atoms with E-state index < -0.39 is 0 Å². The Kier molecular flexibility index (Phi) is 5.63. The first-order valence-corrected chi connectivity index (χ1v) is 6.57. The monoisotopic (exact) mass is 250 g/mol. The molecule has 102 valence electrons. The van der Waals surface area contributed by atoms with E-state index in [9.17, 15) is 0 Å². The zero-order valence-corrected chi connectivity index (χ0v) is 12.2. The zero-order valence-electron chi connectivity index (χ0n) is 12.2. The third-order valence-electron chi connectivity index (χ3n) is 2.88. The van der Waals surface area contributed by atoms with Gasteiger partial charge in [0.2, 0.25) is 0 Å². The molecule has 0 saturated heterocycles. The van der Waals surface area contributed by atoms with E-state index in [4.69, 9.17) is 10.5 Å². The first kappa shape index (κ1) is 15.0. The molecular formula is C15H26N2O. The van der Waals surface area contributed by atoms with E-state index in [1.54, 1.807) is 0 Å². The fourth-order valence-electron chi connectivity index (χ4n) is 1.85. The molecule has 0 saturated carbocycles. The summed E-state index contributed by atoms with van der Waals surface area (Å²) in [5.41, 5.74) is 8.54. The highest BCUT2D eigenvalue weighted by molar-refractivity contribution is 5.37. The van der Waals surface area contributed by atoms with Crippen LogP contribution in [-0.4, -0.2) is 31.6 Å². The van der Waals surface area contributed by atoms with Crippen LogP contribution in [0, 0.1) is 6.92 Å². The van der Waals surface area contributed by atoms with Crippen molar-refractivity contribution in [3.63, 3.8) is 0 Å². The maximum absolute atomic E-state index is 6.20. The summed E-state index contributed by atoms with van der Waals surface area (Å²) in [5, 5.41) is 0. The standard InChI is InChI=1S/C15H26N2O/c1-11(2)18-15-7-6-13(10-12(15)3)14(16)8-9-17(4)5/h6-7,10-11,14H,8-9,16H2,1-5H3. The smallest absolute Gasteiger partial charge is 0.122 e. The van der Waals surface area contributed by atoms with Crippen LogP contribution in [0.2, 0.25) is 0 Å². The molecule has 1 unspecified atom stereocenters. The number of aryl methyl sites for hydroxylation is 1. The highest BCUT2D eigenvalue weighted by Crippen LogP contribution is 2.24. The largest absolute Gasteiger partial charge is 0.491 e. The maximum atomic E-state index is 6.20. The van der Waals surface area contributed by atoms with Crippen molar-refractivity contribution in [3.05, 3.63) is 29.3 Å². The number of nitrogens with zero attached hydrogens (tertiary/aromatic N) is 1. The summed E-state index contributed by atoms with van der Waals surface area (Å²) in [7, 11) is 4.13. The topological polar surface area (TPSA) is 38.5 Å². The molecule has 0 amide bonds. The van der Waals surface area contributed by atoms with Crippen molar-refractivity contribution >= 4 is 0 Å². The summed E-state index contributed by atoms with van der Waals surface area (Å²) in [5.74, 6) is 0.952. The van der Waals surface area contributed by atoms with Crippen molar-refractivity contribution < 1.29 is 4.74 Å². The minimum Gasteiger partial charge on any atom is -0.491 e. The Morgan fingerprint density at radius 2 is 1.94 bits per heavy atom. The highest BCUT2D eigenvalue weighted by atomic mass is 16.5. The molecule has 0 aliphatic carbocycles. The summed E-state index contributed by atoms with van der Waals surface area (Å²) in [6, 6.07) is 6.34. The van der Waals surface area contributed by atoms with Crippen LogP contribution in [0.1, 0.15) is 37.4 Å². The first-order valence-electron chi connectivity index (χ1n) is 6.57. The maximum Gasteiger partial charge on any atom is 0.122 e. The summed E-state index contributed by atoms with van der Waals surface area (Å²) >= 11 is 0. The number of hydrogen-bond acceptors (Lipinski definition) is 3. The summed E-state index contributed by atoms with van der Waals surface area (Å²) in [6.07, 6.45) is 1.17. The SMILES string of the molecule is Cc1cc(C(N)CCN(C)C)ccc1OC(C)C. The molecule has 3 heteroatoms. The summed E-state index contributed by atoms with van der Waals surface area (Å²) in [6.45, 7) is 7.15. The van der Waals surface area contributed by atoms with E-state index >= 15 is 0 Å². The van der Waals surface area contributed by atoms with Crippen molar-refractivity contribution in [1.29, 1.82) is 0 Å². The Morgan fingerprint density at radius 1 is 1.28 bits per heavy atom. The number of benzene rings is 1. The molecule has 0 aliphatic heterocycles. The second kappa shape index (κ2) is 6.76.